The van der Waals surface area contributed by atoms with E-state index in [0.29, 0.717) is 11.5 Å². The first-order chi connectivity index (χ1) is 6.64. The van der Waals surface area contributed by atoms with E-state index in [2.05, 4.69) is 25.7 Å². The van der Waals surface area contributed by atoms with Gasteiger partial charge in [0.1, 0.15) is 0 Å². The highest BCUT2D eigenvalue weighted by molar-refractivity contribution is 4.94. The van der Waals surface area contributed by atoms with Crippen LogP contribution >= 0.6 is 0 Å². The smallest absolute Gasteiger partial charge is 0.0538 e. The summed E-state index contributed by atoms with van der Waals surface area (Å²) >= 11 is 0. The predicted molar refractivity (Wildman–Crippen MR) is 58.4 cm³/mol. The van der Waals surface area contributed by atoms with Gasteiger partial charge in [-0.1, -0.05) is 6.92 Å². The van der Waals surface area contributed by atoms with Crippen LogP contribution in [0, 0.1) is 11.3 Å². The summed E-state index contributed by atoms with van der Waals surface area (Å²) in [6.45, 7) is 11.5. The summed E-state index contributed by atoms with van der Waals surface area (Å²) in [5.74, 6) is 0.754. The molecule has 0 aromatic heterocycles. The van der Waals surface area contributed by atoms with E-state index in [4.69, 9.17) is 4.74 Å². The predicted octanol–water partition coefficient (Wildman–Crippen LogP) is 2.14. The van der Waals surface area contributed by atoms with Gasteiger partial charge in [-0.05, 0) is 39.2 Å². The molecule has 2 nitrogen and oxygen atoms in total. The zero-order valence-corrected chi connectivity index (χ0v) is 9.75. The Morgan fingerprint density at radius 2 is 2.21 bits per heavy atom. The zero-order valence-electron chi connectivity index (χ0n) is 9.75. The lowest BCUT2D eigenvalue weighted by Crippen LogP contribution is -2.49. The van der Waals surface area contributed by atoms with Gasteiger partial charge in [0.25, 0.3) is 0 Å². The second-order valence-corrected chi connectivity index (χ2v) is 5.45. The Labute approximate surface area is 87.6 Å². The highest BCUT2D eigenvalue weighted by atomic mass is 16.5. The fourth-order valence-corrected chi connectivity index (χ4v) is 2.92. The summed E-state index contributed by atoms with van der Waals surface area (Å²) in [5, 5.41) is 0. The Hall–Kier alpha value is -0.0800. The van der Waals surface area contributed by atoms with Crippen LogP contribution in [0.25, 0.3) is 0 Å². The standard InChI is InChI=1S/C12H23NO/c1-10(2)13-6-4-5-12(8-13)9-14-7-11(12)3/h10-11H,4-9H2,1-3H3/t11-,12?/m1/s1. The highest BCUT2D eigenvalue weighted by Gasteiger charge is 2.44. The van der Waals surface area contributed by atoms with Crippen molar-refractivity contribution < 1.29 is 4.74 Å². The zero-order chi connectivity index (χ0) is 10.2. The van der Waals surface area contributed by atoms with Gasteiger partial charge in [0, 0.05) is 24.6 Å². The number of ether oxygens (including phenoxy) is 1. The third-order valence-corrected chi connectivity index (χ3v) is 4.17. The summed E-state index contributed by atoms with van der Waals surface area (Å²) in [6, 6.07) is 0.694. The summed E-state index contributed by atoms with van der Waals surface area (Å²) in [5.41, 5.74) is 0.489. The lowest BCUT2D eigenvalue weighted by atomic mass is 9.73. The van der Waals surface area contributed by atoms with Crippen LogP contribution in [0.2, 0.25) is 0 Å². The highest BCUT2D eigenvalue weighted by Crippen LogP contribution is 2.42. The molecular weight excluding hydrogens is 174 g/mol. The molecule has 2 saturated heterocycles. The molecule has 0 aromatic carbocycles. The van der Waals surface area contributed by atoms with Crippen molar-refractivity contribution in [1.29, 1.82) is 0 Å². The number of hydrogen-bond donors (Lipinski definition) is 0. The second kappa shape index (κ2) is 3.82. The molecule has 0 bridgehead atoms. The van der Waals surface area contributed by atoms with Crippen LogP contribution in [-0.2, 0) is 4.74 Å². The normalized spacial score (nSPS) is 39.9. The minimum absolute atomic E-state index is 0.489. The van der Waals surface area contributed by atoms with Crippen molar-refractivity contribution in [3.05, 3.63) is 0 Å². The molecular formula is C12H23NO. The van der Waals surface area contributed by atoms with Crippen molar-refractivity contribution in [2.45, 2.75) is 39.7 Å². The number of piperidine rings is 1. The first-order valence-electron chi connectivity index (χ1n) is 5.96. The largest absolute Gasteiger partial charge is 0.381 e. The molecule has 1 unspecified atom stereocenters. The van der Waals surface area contributed by atoms with Crippen LogP contribution in [0.3, 0.4) is 0 Å². The summed E-state index contributed by atoms with van der Waals surface area (Å²) in [4.78, 5) is 2.62. The van der Waals surface area contributed by atoms with Crippen LogP contribution in [0.1, 0.15) is 33.6 Å². The molecule has 0 aromatic rings. The summed E-state index contributed by atoms with van der Waals surface area (Å²) < 4.78 is 5.65. The van der Waals surface area contributed by atoms with Gasteiger partial charge in [0.05, 0.1) is 6.61 Å². The maximum Gasteiger partial charge on any atom is 0.0538 e. The summed E-state index contributed by atoms with van der Waals surface area (Å²) in [6.07, 6.45) is 2.73. The number of hydrogen-bond acceptors (Lipinski definition) is 2. The van der Waals surface area contributed by atoms with Crippen LogP contribution in [0.15, 0.2) is 0 Å². The van der Waals surface area contributed by atoms with Gasteiger partial charge >= 0.3 is 0 Å². The van der Waals surface area contributed by atoms with E-state index in [1.807, 2.05) is 0 Å². The summed E-state index contributed by atoms with van der Waals surface area (Å²) in [7, 11) is 0. The average Bonchev–Trinajstić information content (AvgIpc) is 2.48. The van der Waals surface area contributed by atoms with Gasteiger partial charge < -0.3 is 9.64 Å². The molecule has 2 aliphatic heterocycles. The van der Waals surface area contributed by atoms with E-state index in [9.17, 15) is 0 Å². The van der Waals surface area contributed by atoms with Crippen LogP contribution in [0.4, 0.5) is 0 Å². The maximum atomic E-state index is 5.65. The molecule has 0 radical (unpaired) electrons. The number of likely N-dealkylation sites (tertiary alicyclic amines) is 1. The molecule has 2 fully saturated rings. The minimum Gasteiger partial charge on any atom is -0.381 e. The van der Waals surface area contributed by atoms with E-state index in [1.165, 1.54) is 25.9 Å². The first-order valence-corrected chi connectivity index (χ1v) is 5.96. The number of rotatable bonds is 1. The van der Waals surface area contributed by atoms with Crippen molar-refractivity contribution in [3.63, 3.8) is 0 Å². The van der Waals surface area contributed by atoms with Crippen molar-refractivity contribution in [3.8, 4) is 0 Å². The van der Waals surface area contributed by atoms with Crippen molar-refractivity contribution in [1.82, 2.24) is 4.90 Å². The molecule has 0 N–H and O–H groups in total. The molecule has 0 saturated carbocycles. The van der Waals surface area contributed by atoms with E-state index in [0.717, 1.165) is 19.1 Å². The molecule has 2 heteroatoms. The molecule has 14 heavy (non-hydrogen) atoms. The quantitative estimate of drug-likeness (QED) is 0.638. The average molecular weight is 197 g/mol. The molecule has 2 heterocycles. The van der Waals surface area contributed by atoms with Gasteiger partial charge in [0.15, 0.2) is 0 Å². The molecule has 0 aliphatic carbocycles. The second-order valence-electron chi connectivity index (χ2n) is 5.45. The van der Waals surface area contributed by atoms with Crippen molar-refractivity contribution in [2.24, 2.45) is 11.3 Å². The van der Waals surface area contributed by atoms with Gasteiger partial charge in [-0.2, -0.15) is 0 Å². The Morgan fingerprint density at radius 3 is 2.79 bits per heavy atom. The molecule has 2 atom stereocenters. The third kappa shape index (κ3) is 1.70. The minimum atomic E-state index is 0.489. The topological polar surface area (TPSA) is 12.5 Å². The fourth-order valence-electron chi connectivity index (χ4n) is 2.92. The maximum absolute atomic E-state index is 5.65. The van der Waals surface area contributed by atoms with E-state index in [-0.39, 0.29) is 0 Å². The van der Waals surface area contributed by atoms with Crippen molar-refractivity contribution in [2.75, 3.05) is 26.3 Å². The Balaban J connectivity index is 2.05. The molecule has 2 rings (SSSR count). The van der Waals surface area contributed by atoms with Gasteiger partial charge in [-0.25, -0.2) is 0 Å². The van der Waals surface area contributed by atoms with Crippen LogP contribution in [0.5, 0.6) is 0 Å². The first kappa shape index (κ1) is 10.4. The molecule has 1 spiro atoms. The fraction of sp³-hybridized carbons (Fsp3) is 1.00. The van der Waals surface area contributed by atoms with Gasteiger partial charge in [-0.15, -0.1) is 0 Å². The Bertz CT molecular complexity index is 204. The number of nitrogens with zero attached hydrogens (tertiary/aromatic N) is 1. The Kier molecular flexibility index (Phi) is 2.85. The van der Waals surface area contributed by atoms with E-state index < -0.39 is 0 Å². The molecule has 2 aliphatic rings. The molecule has 0 amide bonds. The van der Waals surface area contributed by atoms with Gasteiger partial charge in [-0.3, -0.25) is 0 Å². The lowest BCUT2D eigenvalue weighted by molar-refractivity contribution is 0.0372. The van der Waals surface area contributed by atoms with Crippen LogP contribution < -0.4 is 0 Å². The monoisotopic (exact) mass is 197 g/mol. The van der Waals surface area contributed by atoms with E-state index in [1.54, 1.807) is 0 Å². The third-order valence-electron chi connectivity index (χ3n) is 4.17. The van der Waals surface area contributed by atoms with Crippen LogP contribution in [-0.4, -0.2) is 37.2 Å². The van der Waals surface area contributed by atoms with Crippen molar-refractivity contribution >= 4 is 0 Å². The lowest BCUT2D eigenvalue weighted by Gasteiger charge is -2.43. The van der Waals surface area contributed by atoms with E-state index >= 15 is 0 Å². The van der Waals surface area contributed by atoms with Gasteiger partial charge in [0.2, 0.25) is 0 Å². The Morgan fingerprint density at radius 1 is 1.43 bits per heavy atom. The molecule has 82 valence electrons. The SMILES string of the molecule is CC(C)N1CCCC2(COC[C@H]2C)C1.